The smallest absolute Gasteiger partial charge is 0.242 e. The SMILES string of the molecule is CCNC(=NCCCOc1ccc(OC)cc1)N(C)CC(=O)N(CC)CC. The van der Waals surface area contributed by atoms with Gasteiger partial charge in [0.05, 0.1) is 20.3 Å². The van der Waals surface area contributed by atoms with Crippen molar-refractivity contribution < 1.29 is 14.3 Å². The van der Waals surface area contributed by atoms with Crippen molar-refractivity contribution in [2.75, 3.05) is 53.5 Å². The average molecular weight is 379 g/mol. The molecule has 0 radical (unpaired) electrons. The Bertz CT molecular complexity index is 571. The molecule has 0 heterocycles. The molecule has 7 nitrogen and oxygen atoms in total. The Morgan fingerprint density at radius 1 is 1.11 bits per heavy atom. The van der Waals surface area contributed by atoms with Gasteiger partial charge in [0.15, 0.2) is 5.96 Å². The first-order valence-electron chi connectivity index (χ1n) is 9.59. The number of rotatable bonds is 11. The molecule has 7 heteroatoms. The van der Waals surface area contributed by atoms with Crippen LogP contribution in [0.15, 0.2) is 29.3 Å². The standard InChI is InChI=1S/C20H34N4O3/c1-6-21-20(23(4)16-19(25)24(7-2)8-3)22-14-9-15-27-18-12-10-17(26-5)11-13-18/h10-13H,6-9,14-16H2,1-5H3,(H,21,22). The fourth-order valence-electron chi connectivity index (χ4n) is 2.54. The summed E-state index contributed by atoms with van der Waals surface area (Å²) in [5.41, 5.74) is 0. The second-order valence-electron chi connectivity index (χ2n) is 6.04. The van der Waals surface area contributed by atoms with Gasteiger partial charge in [-0.1, -0.05) is 0 Å². The van der Waals surface area contributed by atoms with Gasteiger partial charge in [0.25, 0.3) is 0 Å². The molecule has 1 aromatic carbocycles. The summed E-state index contributed by atoms with van der Waals surface area (Å²) < 4.78 is 10.8. The van der Waals surface area contributed by atoms with Gasteiger partial charge in [-0.15, -0.1) is 0 Å². The molecule has 0 fully saturated rings. The lowest BCUT2D eigenvalue weighted by molar-refractivity contribution is -0.131. The summed E-state index contributed by atoms with van der Waals surface area (Å²) in [6.07, 6.45) is 0.790. The molecule has 152 valence electrons. The number of guanidine groups is 1. The van der Waals surface area contributed by atoms with Crippen LogP contribution >= 0.6 is 0 Å². The topological polar surface area (TPSA) is 66.4 Å². The lowest BCUT2D eigenvalue weighted by atomic mass is 10.3. The molecule has 0 saturated heterocycles. The zero-order chi connectivity index (χ0) is 20.1. The predicted molar refractivity (Wildman–Crippen MR) is 110 cm³/mol. The first-order chi connectivity index (χ1) is 13.0. The Balaban J connectivity index is 2.46. The Morgan fingerprint density at radius 3 is 2.30 bits per heavy atom. The van der Waals surface area contributed by atoms with E-state index in [-0.39, 0.29) is 5.91 Å². The van der Waals surface area contributed by atoms with E-state index in [9.17, 15) is 4.79 Å². The fourth-order valence-corrected chi connectivity index (χ4v) is 2.54. The highest BCUT2D eigenvalue weighted by atomic mass is 16.5. The third-order valence-electron chi connectivity index (χ3n) is 4.08. The van der Waals surface area contributed by atoms with Crippen LogP contribution in [0.1, 0.15) is 27.2 Å². The number of methoxy groups -OCH3 is 1. The van der Waals surface area contributed by atoms with Crippen LogP contribution in [0.3, 0.4) is 0 Å². The van der Waals surface area contributed by atoms with Gasteiger partial charge in [0, 0.05) is 39.6 Å². The van der Waals surface area contributed by atoms with E-state index < -0.39 is 0 Å². The molecule has 1 rings (SSSR count). The summed E-state index contributed by atoms with van der Waals surface area (Å²) in [6.45, 7) is 9.72. The third-order valence-corrected chi connectivity index (χ3v) is 4.08. The third kappa shape index (κ3) is 8.19. The number of benzene rings is 1. The Hall–Kier alpha value is -2.44. The van der Waals surface area contributed by atoms with Crippen LogP contribution in [0.25, 0.3) is 0 Å². The molecule has 0 unspecified atom stereocenters. The van der Waals surface area contributed by atoms with Crippen molar-refractivity contribution >= 4 is 11.9 Å². The van der Waals surface area contributed by atoms with Gasteiger partial charge < -0.3 is 24.6 Å². The number of carbonyl (C=O) groups excluding carboxylic acids is 1. The lowest BCUT2D eigenvalue weighted by Gasteiger charge is -2.25. The Kier molecular flexibility index (Phi) is 10.7. The first kappa shape index (κ1) is 22.6. The van der Waals surface area contributed by atoms with Crippen LogP contribution in [0.4, 0.5) is 0 Å². The number of nitrogens with zero attached hydrogens (tertiary/aromatic N) is 3. The van der Waals surface area contributed by atoms with Gasteiger partial charge in [-0.25, -0.2) is 0 Å². The summed E-state index contributed by atoms with van der Waals surface area (Å²) in [6, 6.07) is 7.52. The monoisotopic (exact) mass is 378 g/mol. The summed E-state index contributed by atoms with van der Waals surface area (Å²) >= 11 is 0. The van der Waals surface area contributed by atoms with Crippen LogP contribution in [0.5, 0.6) is 11.5 Å². The number of hydrogen-bond acceptors (Lipinski definition) is 4. The molecule has 1 N–H and O–H groups in total. The molecule has 0 spiro atoms. The molecule has 1 aromatic rings. The summed E-state index contributed by atoms with van der Waals surface area (Å²) in [4.78, 5) is 20.6. The molecule has 27 heavy (non-hydrogen) atoms. The molecule has 0 aliphatic carbocycles. The molecule has 0 aliphatic rings. The Labute approximate surface area is 163 Å². The minimum Gasteiger partial charge on any atom is -0.497 e. The minimum absolute atomic E-state index is 0.107. The molecule has 1 amide bonds. The lowest BCUT2D eigenvalue weighted by Crippen LogP contribution is -2.45. The largest absolute Gasteiger partial charge is 0.497 e. The molecule has 0 atom stereocenters. The number of ether oxygens (including phenoxy) is 2. The van der Waals surface area contributed by atoms with Gasteiger partial charge in [-0.05, 0) is 45.0 Å². The zero-order valence-corrected chi connectivity index (χ0v) is 17.3. The maximum Gasteiger partial charge on any atom is 0.242 e. The van der Waals surface area contributed by atoms with Crippen molar-refractivity contribution in [2.24, 2.45) is 4.99 Å². The van der Waals surface area contributed by atoms with E-state index in [1.165, 1.54) is 0 Å². The van der Waals surface area contributed by atoms with E-state index >= 15 is 0 Å². The number of hydrogen-bond donors (Lipinski definition) is 1. The fraction of sp³-hybridized carbons (Fsp3) is 0.600. The minimum atomic E-state index is 0.107. The van der Waals surface area contributed by atoms with E-state index in [0.717, 1.165) is 43.5 Å². The average Bonchev–Trinajstić information content (AvgIpc) is 2.68. The van der Waals surface area contributed by atoms with Crippen molar-refractivity contribution in [3.05, 3.63) is 24.3 Å². The van der Waals surface area contributed by atoms with Crippen molar-refractivity contribution in [3.8, 4) is 11.5 Å². The zero-order valence-electron chi connectivity index (χ0n) is 17.3. The van der Waals surface area contributed by atoms with Crippen LogP contribution in [0, 0.1) is 0 Å². The number of carbonyl (C=O) groups is 1. The first-order valence-corrected chi connectivity index (χ1v) is 9.59. The maximum absolute atomic E-state index is 12.3. The van der Waals surface area contributed by atoms with Crippen molar-refractivity contribution in [1.82, 2.24) is 15.1 Å². The molecular weight excluding hydrogens is 344 g/mol. The van der Waals surface area contributed by atoms with E-state index in [0.29, 0.717) is 19.7 Å². The highest BCUT2D eigenvalue weighted by Crippen LogP contribution is 2.16. The van der Waals surface area contributed by atoms with Gasteiger partial charge in [0.1, 0.15) is 11.5 Å². The van der Waals surface area contributed by atoms with Gasteiger partial charge in [-0.2, -0.15) is 0 Å². The highest BCUT2D eigenvalue weighted by molar-refractivity contribution is 5.86. The highest BCUT2D eigenvalue weighted by Gasteiger charge is 2.14. The van der Waals surface area contributed by atoms with E-state index in [2.05, 4.69) is 10.3 Å². The van der Waals surface area contributed by atoms with Crippen LogP contribution in [-0.4, -0.2) is 75.2 Å². The van der Waals surface area contributed by atoms with E-state index in [1.54, 1.807) is 7.11 Å². The molecule has 0 aliphatic heterocycles. The van der Waals surface area contributed by atoms with Crippen molar-refractivity contribution in [3.63, 3.8) is 0 Å². The van der Waals surface area contributed by atoms with Crippen LogP contribution in [0.2, 0.25) is 0 Å². The number of nitrogens with one attached hydrogen (secondary N) is 1. The number of aliphatic imine (C=N–C) groups is 1. The molecular formula is C20H34N4O3. The van der Waals surface area contributed by atoms with Crippen LogP contribution < -0.4 is 14.8 Å². The Morgan fingerprint density at radius 2 is 1.74 bits per heavy atom. The van der Waals surface area contributed by atoms with Crippen molar-refractivity contribution in [1.29, 1.82) is 0 Å². The number of amides is 1. The van der Waals surface area contributed by atoms with E-state index in [1.807, 2.05) is 61.9 Å². The second-order valence-corrected chi connectivity index (χ2v) is 6.04. The quantitative estimate of drug-likeness (QED) is 0.363. The van der Waals surface area contributed by atoms with Gasteiger partial charge in [0.2, 0.25) is 5.91 Å². The van der Waals surface area contributed by atoms with Crippen molar-refractivity contribution in [2.45, 2.75) is 27.2 Å². The normalized spacial score (nSPS) is 11.1. The molecule has 0 bridgehead atoms. The maximum atomic E-state index is 12.3. The van der Waals surface area contributed by atoms with E-state index in [4.69, 9.17) is 9.47 Å². The summed E-state index contributed by atoms with van der Waals surface area (Å²) in [5.74, 6) is 2.47. The second kappa shape index (κ2) is 12.8. The predicted octanol–water partition coefficient (Wildman–Crippen LogP) is 2.23. The van der Waals surface area contributed by atoms with Crippen LogP contribution in [-0.2, 0) is 4.79 Å². The van der Waals surface area contributed by atoms with Gasteiger partial charge in [-0.3, -0.25) is 9.79 Å². The number of likely N-dealkylation sites (N-methyl/N-ethyl adjacent to an activating group) is 2. The summed E-state index contributed by atoms with van der Waals surface area (Å²) in [5, 5.41) is 3.23. The van der Waals surface area contributed by atoms with Gasteiger partial charge >= 0.3 is 0 Å². The molecule has 0 saturated carbocycles. The summed E-state index contributed by atoms with van der Waals surface area (Å²) in [7, 11) is 3.53. The molecule has 0 aromatic heterocycles.